The van der Waals surface area contributed by atoms with Gasteiger partial charge in [0.05, 0.1) is 5.69 Å². The highest BCUT2D eigenvalue weighted by Crippen LogP contribution is 2.37. The van der Waals surface area contributed by atoms with Crippen molar-refractivity contribution < 1.29 is 4.74 Å². The Morgan fingerprint density at radius 1 is 1.04 bits per heavy atom. The Hall–Kier alpha value is -1.38. The Bertz CT molecular complexity index is 615. The number of rotatable bonds is 6. The van der Waals surface area contributed by atoms with E-state index < -0.39 is 0 Å². The number of methoxy groups -OCH3 is 1. The van der Waals surface area contributed by atoms with Crippen molar-refractivity contribution in [1.29, 1.82) is 0 Å². The van der Waals surface area contributed by atoms with E-state index in [1.807, 2.05) is 24.3 Å². The van der Waals surface area contributed by atoms with Gasteiger partial charge in [-0.25, -0.2) is 0 Å². The van der Waals surface area contributed by atoms with Gasteiger partial charge in [0.1, 0.15) is 0 Å². The number of hydrogen-bond donors (Lipinski definition) is 0. The van der Waals surface area contributed by atoms with Gasteiger partial charge in [-0.2, -0.15) is 0 Å². The summed E-state index contributed by atoms with van der Waals surface area (Å²) in [5, 5.41) is 0.762. The molecule has 0 spiro atoms. The van der Waals surface area contributed by atoms with Crippen LogP contribution in [-0.2, 0) is 4.74 Å². The van der Waals surface area contributed by atoms with Crippen molar-refractivity contribution >= 4 is 11.6 Å². The molecular formula is C21H26ClNO. The molecule has 2 nitrogen and oxygen atoms in total. The number of hydrogen-bond acceptors (Lipinski definition) is 2. The van der Waals surface area contributed by atoms with Crippen LogP contribution >= 0.6 is 11.6 Å². The standard InChI is InChI=1S/C21H26ClNO/c1-24-14-2-3-16-4-6-17(7-5-16)19-10-13-21(23-15-19)18-8-11-20(22)12-9-18/h8-13,15-17H,2-7,14H2,1H3/t16-,17-. The van der Waals surface area contributed by atoms with Crippen LogP contribution in [0.3, 0.4) is 0 Å². The zero-order chi connectivity index (χ0) is 16.8. The zero-order valence-corrected chi connectivity index (χ0v) is 15.1. The Morgan fingerprint density at radius 3 is 2.42 bits per heavy atom. The fraction of sp³-hybridized carbons (Fsp3) is 0.476. The van der Waals surface area contributed by atoms with Crippen molar-refractivity contribution in [3.8, 4) is 11.3 Å². The number of benzene rings is 1. The third-order valence-corrected chi connectivity index (χ3v) is 5.46. The lowest BCUT2D eigenvalue weighted by Gasteiger charge is -2.28. The Kier molecular flexibility index (Phi) is 6.28. The summed E-state index contributed by atoms with van der Waals surface area (Å²) < 4.78 is 5.16. The van der Waals surface area contributed by atoms with Gasteiger partial charge in [-0.05, 0) is 74.1 Å². The highest BCUT2D eigenvalue weighted by molar-refractivity contribution is 6.30. The minimum Gasteiger partial charge on any atom is -0.385 e. The molecule has 1 aliphatic rings. The normalized spacial score (nSPS) is 20.9. The Balaban J connectivity index is 1.56. The van der Waals surface area contributed by atoms with Gasteiger partial charge in [-0.3, -0.25) is 4.98 Å². The van der Waals surface area contributed by atoms with Gasteiger partial charge in [-0.1, -0.05) is 29.8 Å². The van der Waals surface area contributed by atoms with Crippen LogP contribution in [0.25, 0.3) is 11.3 Å². The first kappa shape index (κ1) is 17.4. The van der Waals surface area contributed by atoms with E-state index in [0.717, 1.165) is 28.8 Å². The molecule has 3 rings (SSSR count). The van der Waals surface area contributed by atoms with E-state index in [1.165, 1.54) is 44.1 Å². The second-order valence-electron chi connectivity index (χ2n) is 6.84. The maximum Gasteiger partial charge on any atom is 0.0702 e. The molecule has 128 valence electrons. The molecule has 3 heteroatoms. The highest BCUT2D eigenvalue weighted by Gasteiger charge is 2.22. The molecule has 0 bridgehead atoms. The Labute approximate surface area is 150 Å². The number of ether oxygens (including phenoxy) is 1. The van der Waals surface area contributed by atoms with Crippen molar-refractivity contribution in [3.63, 3.8) is 0 Å². The molecule has 0 saturated heterocycles. The third kappa shape index (κ3) is 4.58. The van der Waals surface area contributed by atoms with Gasteiger partial charge in [0.25, 0.3) is 0 Å². The molecule has 0 N–H and O–H groups in total. The zero-order valence-electron chi connectivity index (χ0n) is 14.4. The first-order valence-electron chi connectivity index (χ1n) is 8.97. The Morgan fingerprint density at radius 2 is 1.79 bits per heavy atom. The van der Waals surface area contributed by atoms with Gasteiger partial charge in [-0.15, -0.1) is 0 Å². The molecule has 1 aromatic carbocycles. The monoisotopic (exact) mass is 343 g/mol. The summed E-state index contributed by atoms with van der Waals surface area (Å²) in [4.78, 5) is 4.67. The number of halogens is 1. The number of aromatic nitrogens is 1. The SMILES string of the molecule is COCCC[C@H]1CC[C@H](c2ccc(-c3ccc(Cl)cc3)nc2)CC1. The molecule has 0 aliphatic heterocycles. The minimum atomic E-state index is 0.676. The van der Waals surface area contributed by atoms with E-state index in [0.29, 0.717) is 5.92 Å². The molecule has 0 atom stereocenters. The summed E-state index contributed by atoms with van der Waals surface area (Å²) in [5.74, 6) is 1.56. The number of pyridine rings is 1. The van der Waals surface area contributed by atoms with Gasteiger partial charge in [0.2, 0.25) is 0 Å². The fourth-order valence-electron chi connectivity index (χ4n) is 3.74. The average Bonchev–Trinajstić information content (AvgIpc) is 2.63. The molecule has 1 aliphatic carbocycles. The van der Waals surface area contributed by atoms with Crippen LogP contribution in [0, 0.1) is 5.92 Å². The second-order valence-corrected chi connectivity index (χ2v) is 7.27. The van der Waals surface area contributed by atoms with Crippen LogP contribution < -0.4 is 0 Å². The van der Waals surface area contributed by atoms with E-state index >= 15 is 0 Å². The quantitative estimate of drug-likeness (QED) is 0.591. The molecule has 1 saturated carbocycles. The lowest BCUT2D eigenvalue weighted by molar-refractivity contribution is 0.180. The first-order valence-corrected chi connectivity index (χ1v) is 9.35. The van der Waals surface area contributed by atoms with Crippen molar-refractivity contribution in [1.82, 2.24) is 4.98 Å². The second kappa shape index (κ2) is 8.64. The van der Waals surface area contributed by atoms with Gasteiger partial charge < -0.3 is 4.74 Å². The van der Waals surface area contributed by atoms with Crippen LogP contribution in [0.2, 0.25) is 5.02 Å². The van der Waals surface area contributed by atoms with E-state index in [4.69, 9.17) is 16.3 Å². The maximum absolute atomic E-state index is 5.95. The number of nitrogens with zero attached hydrogens (tertiary/aromatic N) is 1. The maximum atomic E-state index is 5.95. The summed E-state index contributed by atoms with van der Waals surface area (Å²) >= 11 is 5.95. The van der Waals surface area contributed by atoms with E-state index in [9.17, 15) is 0 Å². The summed E-state index contributed by atoms with van der Waals surface area (Å²) in [6.45, 7) is 0.899. The molecular weight excluding hydrogens is 318 g/mol. The van der Waals surface area contributed by atoms with E-state index in [2.05, 4.69) is 23.3 Å². The predicted molar refractivity (Wildman–Crippen MR) is 100 cm³/mol. The molecule has 1 heterocycles. The lowest BCUT2D eigenvalue weighted by atomic mass is 9.77. The largest absolute Gasteiger partial charge is 0.385 e. The van der Waals surface area contributed by atoms with Crippen molar-refractivity contribution in [3.05, 3.63) is 53.2 Å². The van der Waals surface area contributed by atoms with Crippen molar-refractivity contribution in [2.75, 3.05) is 13.7 Å². The summed E-state index contributed by atoms with van der Waals surface area (Å²) in [7, 11) is 1.79. The van der Waals surface area contributed by atoms with Crippen LogP contribution in [0.5, 0.6) is 0 Å². The summed E-state index contributed by atoms with van der Waals surface area (Å²) in [5.41, 5.74) is 3.53. The average molecular weight is 344 g/mol. The van der Waals surface area contributed by atoms with Crippen LogP contribution in [0.4, 0.5) is 0 Å². The minimum absolute atomic E-state index is 0.676. The third-order valence-electron chi connectivity index (χ3n) is 5.21. The van der Waals surface area contributed by atoms with Gasteiger partial charge >= 0.3 is 0 Å². The molecule has 24 heavy (non-hydrogen) atoms. The predicted octanol–water partition coefficient (Wildman–Crippen LogP) is 6.10. The first-order chi connectivity index (χ1) is 11.8. The van der Waals surface area contributed by atoms with Crippen molar-refractivity contribution in [2.45, 2.75) is 44.4 Å². The highest BCUT2D eigenvalue weighted by atomic mass is 35.5. The molecule has 1 fully saturated rings. The van der Waals surface area contributed by atoms with Gasteiger partial charge in [0.15, 0.2) is 0 Å². The van der Waals surface area contributed by atoms with Crippen molar-refractivity contribution in [2.24, 2.45) is 5.92 Å². The molecule has 0 radical (unpaired) electrons. The van der Waals surface area contributed by atoms with E-state index in [1.54, 1.807) is 7.11 Å². The van der Waals surface area contributed by atoms with Crippen LogP contribution in [0.15, 0.2) is 42.6 Å². The van der Waals surface area contributed by atoms with Crippen LogP contribution in [-0.4, -0.2) is 18.7 Å². The lowest BCUT2D eigenvalue weighted by Crippen LogP contribution is -2.14. The smallest absolute Gasteiger partial charge is 0.0702 e. The molecule has 2 aromatic rings. The molecule has 1 aromatic heterocycles. The topological polar surface area (TPSA) is 22.1 Å². The summed E-state index contributed by atoms with van der Waals surface area (Å²) in [6, 6.07) is 12.3. The summed E-state index contributed by atoms with van der Waals surface area (Å²) in [6.07, 6.45) is 9.84. The van der Waals surface area contributed by atoms with Gasteiger partial charge in [0, 0.05) is 30.5 Å². The van der Waals surface area contributed by atoms with E-state index in [-0.39, 0.29) is 0 Å². The fourth-order valence-corrected chi connectivity index (χ4v) is 3.86. The molecule has 0 amide bonds. The van der Waals surface area contributed by atoms with Crippen LogP contribution in [0.1, 0.15) is 50.0 Å². The molecule has 0 unspecified atom stereocenters.